The average Bonchev–Trinajstić information content (AvgIpc) is 2.97. The number of aryl methyl sites for hydroxylation is 1. The lowest BCUT2D eigenvalue weighted by atomic mass is 9.93. The molecule has 1 N–H and O–H groups in total. The van der Waals surface area contributed by atoms with Gasteiger partial charge in [-0.3, -0.25) is 4.68 Å². The summed E-state index contributed by atoms with van der Waals surface area (Å²) >= 11 is 1.73. The van der Waals surface area contributed by atoms with Gasteiger partial charge < -0.3 is 5.32 Å². The van der Waals surface area contributed by atoms with Gasteiger partial charge in [0.05, 0.1) is 11.9 Å². The molecule has 0 saturated carbocycles. The van der Waals surface area contributed by atoms with Crippen LogP contribution in [0.3, 0.4) is 0 Å². The van der Waals surface area contributed by atoms with E-state index in [0.717, 1.165) is 31.1 Å². The quantitative estimate of drug-likeness (QED) is 0.824. The Bertz CT molecular complexity index is 483. The lowest BCUT2D eigenvalue weighted by Crippen LogP contribution is -2.17. The van der Waals surface area contributed by atoms with Crippen LogP contribution in [-0.4, -0.2) is 26.5 Å². The number of nitrogens with zero attached hydrogens (tertiary/aromatic N) is 4. The number of aromatic nitrogens is 4. The van der Waals surface area contributed by atoms with Crippen molar-refractivity contribution in [2.24, 2.45) is 0 Å². The van der Waals surface area contributed by atoms with Crippen molar-refractivity contribution >= 4 is 11.3 Å². The summed E-state index contributed by atoms with van der Waals surface area (Å²) in [6, 6.07) is 0. The van der Waals surface area contributed by atoms with Crippen molar-refractivity contribution in [3.05, 3.63) is 28.5 Å². The minimum atomic E-state index is 0.141. The molecule has 0 unspecified atom stereocenters. The van der Waals surface area contributed by atoms with E-state index in [4.69, 9.17) is 0 Å². The fourth-order valence-corrected chi connectivity index (χ4v) is 2.64. The van der Waals surface area contributed by atoms with Crippen molar-refractivity contribution in [3.8, 4) is 0 Å². The third-order valence-electron chi connectivity index (χ3n) is 2.81. The summed E-state index contributed by atoms with van der Waals surface area (Å²) in [6.45, 7) is 9.28. The molecular formula is C13H21N5S. The predicted octanol–water partition coefficient (Wildman–Crippen LogP) is 2.21. The molecule has 5 nitrogen and oxygen atoms in total. The first kappa shape index (κ1) is 14.1. The van der Waals surface area contributed by atoms with Gasteiger partial charge in [0.1, 0.15) is 5.01 Å². The first-order chi connectivity index (χ1) is 9.05. The molecule has 2 heterocycles. The maximum absolute atomic E-state index is 4.66. The standard InChI is InChI=1S/C13H21N5S/c1-13(2,3)11-10-19-12(16-11)9-14-5-4-7-18-8-6-15-17-18/h6,8,10,14H,4-5,7,9H2,1-3H3. The second-order valence-corrected chi connectivity index (χ2v) is 6.52. The van der Waals surface area contributed by atoms with E-state index in [0.29, 0.717) is 0 Å². The third-order valence-corrected chi connectivity index (χ3v) is 3.66. The molecule has 6 heteroatoms. The monoisotopic (exact) mass is 279 g/mol. The molecule has 2 aromatic heterocycles. The Morgan fingerprint density at radius 1 is 1.37 bits per heavy atom. The van der Waals surface area contributed by atoms with E-state index in [9.17, 15) is 0 Å². The maximum atomic E-state index is 4.66. The van der Waals surface area contributed by atoms with Crippen LogP contribution in [0.2, 0.25) is 0 Å². The van der Waals surface area contributed by atoms with Crippen LogP contribution in [0.5, 0.6) is 0 Å². The molecular weight excluding hydrogens is 258 g/mol. The highest BCUT2D eigenvalue weighted by atomic mass is 32.1. The number of rotatable bonds is 6. The molecule has 2 aromatic rings. The molecule has 0 fully saturated rings. The summed E-state index contributed by atoms with van der Waals surface area (Å²) in [6.07, 6.45) is 4.63. The van der Waals surface area contributed by atoms with E-state index in [2.05, 4.69) is 46.8 Å². The molecule has 104 valence electrons. The molecule has 0 aliphatic rings. The van der Waals surface area contributed by atoms with Crippen LogP contribution < -0.4 is 5.32 Å². The Morgan fingerprint density at radius 2 is 2.21 bits per heavy atom. The molecule has 0 saturated heterocycles. The summed E-state index contributed by atoms with van der Waals surface area (Å²) in [5, 5.41) is 14.4. The predicted molar refractivity (Wildman–Crippen MR) is 77.2 cm³/mol. The van der Waals surface area contributed by atoms with Gasteiger partial charge in [0.25, 0.3) is 0 Å². The first-order valence-electron chi connectivity index (χ1n) is 6.55. The molecule has 19 heavy (non-hydrogen) atoms. The Kier molecular flexibility index (Phi) is 4.66. The van der Waals surface area contributed by atoms with Crippen LogP contribution in [0.4, 0.5) is 0 Å². The Balaban J connectivity index is 1.67. The van der Waals surface area contributed by atoms with Gasteiger partial charge in [-0.05, 0) is 13.0 Å². The summed E-state index contributed by atoms with van der Waals surface area (Å²) in [5.41, 5.74) is 1.32. The second kappa shape index (κ2) is 6.25. The molecule has 0 bridgehead atoms. The minimum Gasteiger partial charge on any atom is -0.310 e. The van der Waals surface area contributed by atoms with Crippen LogP contribution in [0.1, 0.15) is 37.9 Å². The Morgan fingerprint density at radius 3 is 2.84 bits per heavy atom. The highest BCUT2D eigenvalue weighted by Gasteiger charge is 2.16. The molecule has 0 amide bonds. The molecule has 0 atom stereocenters. The maximum Gasteiger partial charge on any atom is 0.107 e. The number of hydrogen-bond acceptors (Lipinski definition) is 5. The number of thiazole rings is 1. The summed E-state index contributed by atoms with van der Waals surface area (Å²) in [7, 11) is 0. The van der Waals surface area contributed by atoms with Gasteiger partial charge in [-0.1, -0.05) is 26.0 Å². The smallest absolute Gasteiger partial charge is 0.107 e. The molecule has 0 radical (unpaired) electrons. The topological polar surface area (TPSA) is 55.6 Å². The third kappa shape index (κ3) is 4.40. The van der Waals surface area contributed by atoms with Gasteiger partial charge in [-0.2, -0.15) is 0 Å². The van der Waals surface area contributed by atoms with Gasteiger partial charge >= 0.3 is 0 Å². The van der Waals surface area contributed by atoms with E-state index >= 15 is 0 Å². The van der Waals surface area contributed by atoms with Crippen LogP contribution >= 0.6 is 11.3 Å². The molecule has 0 aliphatic heterocycles. The van der Waals surface area contributed by atoms with Crippen molar-refractivity contribution < 1.29 is 0 Å². The largest absolute Gasteiger partial charge is 0.310 e. The van der Waals surface area contributed by atoms with Gasteiger partial charge in [0, 0.05) is 30.1 Å². The van der Waals surface area contributed by atoms with Crippen molar-refractivity contribution in [1.82, 2.24) is 25.3 Å². The Hall–Kier alpha value is -1.27. The molecule has 2 rings (SSSR count). The van der Waals surface area contributed by atoms with Crippen molar-refractivity contribution in [2.75, 3.05) is 6.54 Å². The second-order valence-electron chi connectivity index (χ2n) is 5.57. The highest BCUT2D eigenvalue weighted by molar-refractivity contribution is 7.09. The zero-order chi connectivity index (χ0) is 13.7. The normalized spacial score (nSPS) is 11.9. The average molecular weight is 279 g/mol. The highest BCUT2D eigenvalue weighted by Crippen LogP contribution is 2.23. The van der Waals surface area contributed by atoms with E-state index in [1.54, 1.807) is 17.5 Å². The van der Waals surface area contributed by atoms with Gasteiger partial charge in [0.15, 0.2) is 0 Å². The van der Waals surface area contributed by atoms with Gasteiger partial charge in [-0.15, -0.1) is 16.4 Å². The van der Waals surface area contributed by atoms with Crippen LogP contribution in [0.15, 0.2) is 17.8 Å². The summed E-state index contributed by atoms with van der Waals surface area (Å²) in [4.78, 5) is 4.66. The fraction of sp³-hybridized carbons (Fsp3) is 0.615. The van der Waals surface area contributed by atoms with Crippen LogP contribution in [0, 0.1) is 0 Å². The first-order valence-corrected chi connectivity index (χ1v) is 7.43. The van der Waals surface area contributed by atoms with Crippen molar-refractivity contribution in [3.63, 3.8) is 0 Å². The minimum absolute atomic E-state index is 0.141. The molecule has 0 aliphatic carbocycles. The van der Waals surface area contributed by atoms with Crippen molar-refractivity contribution in [2.45, 2.75) is 45.7 Å². The lowest BCUT2D eigenvalue weighted by molar-refractivity contribution is 0.528. The number of nitrogens with one attached hydrogen (secondary N) is 1. The van der Waals surface area contributed by atoms with E-state index in [-0.39, 0.29) is 5.41 Å². The van der Waals surface area contributed by atoms with E-state index in [1.807, 2.05) is 10.9 Å². The fourth-order valence-electron chi connectivity index (χ4n) is 1.65. The van der Waals surface area contributed by atoms with E-state index < -0.39 is 0 Å². The summed E-state index contributed by atoms with van der Waals surface area (Å²) in [5.74, 6) is 0. The zero-order valence-corrected chi connectivity index (χ0v) is 12.6. The van der Waals surface area contributed by atoms with Crippen molar-refractivity contribution in [1.29, 1.82) is 0 Å². The zero-order valence-electron chi connectivity index (χ0n) is 11.8. The lowest BCUT2D eigenvalue weighted by Gasteiger charge is -2.14. The summed E-state index contributed by atoms with van der Waals surface area (Å²) < 4.78 is 1.85. The van der Waals surface area contributed by atoms with E-state index in [1.165, 1.54) is 5.69 Å². The molecule has 0 aromatic carbocycles. The Labute approximate surface area is 118 Å². The molecule has 0 spiro atoms. The SMILES string of the molecule is CC(C)(C)c1csc(CNCCCn2ccnn2)n1. The number of hydrogen-bond donors (Lipinski definition) is 1. The van der Waals surface area contributed by atoms with Gasteiger partial charge in [0.2, 0.25) is 0 Å². The van der Waals surface area contributed by atoms with Crippen LogP contribution in [0.25, 0.3) is 0 Å². The van der Waals surface area contributed by atoms with Gasteiger partial charge in [-0.25, -0.2) is 4.98 Å². The van der Waals surface area contributed by atoms with Crippen LogP contribution in [-0.2, 0) is 18.5 Å².